The van der Waals surface area contributed by atoms with Crippen molar-refractivity contribution in [2.45, 2.75) is 39.3 Å². The quantitative estimate of drug-likeness (QED) is 0.508. The van der Waals surface area contributed by atoms with E-state index in [9.17, 15) is 0 Å². The van der Waals surface area contributed by atoms with E-state index in [1.165, 1.54) is 30.4 Å². The largest absolute Gasteiger partial charge is 0.459 e. The Hall–Kier alpha value is -3.02. The second kappa shape index (κ2) is 8.99. The fraction of sp³-hybridized carbons (Fsp3) is 0.391. The third kappa shape index (κ3) is 4.53. The molecule has 0 unspecified atom stereocenters. The Morgan fingerprint density at radius 1 is 1.10 bits per heavy atom. The van der Waals surface area contributed by atoms with Crippen LogP contribution in [0.1, 0.15) is 36.1 Å². The molecule has 3 heterocycles. The average Bonchev–Trinajstić information content (AvgIpc) is 3.10. The third-order valence-electron chi connectivity index (χ3n) is 5.53. The molecule has 1 aromatic carbocycles. The van der Waals surface area contributed by atoms with Gasteiger partial charge in [0.2, 0.25) is 0 Å². The van der Waals surface area contributed by atoms with Gasteiger partial charge in [-0.3, -0.25) is 4.99 Å². The zero-order valence-electron chi connectivity index (χ0n) is 17.2. The number of hydrogen-bond donors (Lipinski definition) is 2. The number of pyridine rings is 1. The molecular weight excluding hydrogens is 362 g/mol. The number of nitrogens with one attached hydrogen (secondary N) is 2. The van der Waals surface area contributed by atoms with Gasteiger partial charge in [0.05, 0.1) is 6.54 Å². The summed E-state index contributed by atoms with van der Waals surface area (Å²) in [4.78, 5) is 11.3. The van der Waals surface area contributed by atoms with Crippen molar-refractivity contribution in [3.63, 3.8) is 0 Å². The van der Waals surface area contributed by atoms with Gasteiger partial charge in [-0.15, -0.1) is 0 Å². The molecule has 0 atom stereocenters. The highest BCUT2D eigenvalue weighted by Gasteiger charge is 2.13. The molecular formula is C23H29N5O. The van der Waals surface area contributed by atoms with Crippen molar-refractivity contribution in [1.82, 2.24) is 15.6 Å². The number of aryl methyl sites for hydroxylation is 1. The number of fused-ring (bicyclic) bond motifs is 1. The molecule has 2 aromatic heterocycles. The zero-order valence-corrected chi connectivity index (χ0v) is 17.2. The Balaban J connectivity index is 1.35. The van der Waals surface area contributed by atoms with Crippen molar-refractivity contribution in [1.29, 1.82) is 0 Å². The third-order valence-corrected chi connectivity index (χ3v) is 5.53. The van der Waals surface area contributed by atoms with Gasteiger partial charge in [0.25, 0.3) is 0 Å². The van der Waals surface area contributed by atoms with Gasteiger partial charge in [-0.25, -0.2) is 4.98 Å². The molecule has 1 aliphatic heterocycles. The molecule has 4 rings (SSSR count). The molecule has 6 nitrogen and oxygen atoms in total. The van der Waals surface area contributed by atoms with E-state index in [-0.39, 0.29) is 0 Å². The van der Waals surface area contributed by atoms with Crippen LogP contribution >= 0.6 is 0 Å². The lowest BCUT2D eigenvalue weighted by molar-refractivity contribution is 0.534. The van der Waals surface area contributed by atoms with E-state index in [0.717, 1.165) is 41.6 Å². The molecule has 3 aromatic rings. The summed E-state index contributed by atoms with van der Waals surface area (Å²) in [5, 5.41) is 7.91. The van der Waals surface area contributed by atoms with E-state index in [4.69, 9.17) is 4.42 Å². The maximum Gasteiger partial charge on any atom is 0.191 e. The second-order valence-electron chi connectivity index (χ2n) is 7.50. The lowest BCUT2D eigenvalue weighted by atomic mass is 10.1. The van der Waals surface area contributed by atoms with Gasteiger partial charge in [0, 0.05) is 43.8 Å². The molecule has 0 bridgehead atoms. The van der Waals surface area contributed by atoms with Crippen LogP contribution in [0.5, 0.6) is 0 Å². The summed E-state index contributed by atoms with van der Waals surface area (Å²) in [5.74, 6) is 2.76. The lowest BCUT2D eigenvalue weighted by Crippen LogP contribution is -2.36. The van der Waals surface area contributed by atoms with Crippen molar-refractivity contribution in [2.24, 2.45) is 4.99 Å². The summed E-state index contributed by atoms with van der Waals surface area (Å²) in [7, 11) is 1.78. The Kier molecular flexibility index (Phi) is 5.98. The Bertz CT molecular complexity index is 988. The molecule has 152 valence electrons. The van der Waals surface area contributed by atoms with Gasteiger partial charge >= 0.3 is 0 Å². The number of guanidine groups is 1. The van der Waals surface area contributed by atoms with Crippen LogP contribution in [-0.4, -0.2) is 31.1 Å². The molecule has 1 fully saturated rings. The van der Waals surface area contributed by atoms with Crippen LogP contribution < -0.4 is 15.5 Å². The smallest absolute Gasteiger partial charge is 0.191 e. The highest BCUT2D eigenvalue weighted by atomic mass is 16.3. The number of hydrogen-bond acceptors (Lipinski definition) is 4. The molecule has 6 heteroatoms. The minimum atomic E-state index is 0.593. The molecule has 0 radical (unpaired) electrons. The Morgan fingerprint density at radius 2 is 1.90 bits per heavy atom. The van der Waals surface area contributed by atoms with E-state index in [1.807, 2.05) is 24.4 Å². The van der Waals surface area contributed by atoms with Crippen LogP contribution in [0.4, 0.5) is 5.82 Å². The van der Waals surface area contributed by atoms with Crippen molar-refractivity contribution in [3.05, 3.63) is 59.5 Å². The highest BCUT2D eigenvalue weighted by Crippen LogP contribution is 2.24. The van der Waals surface area contributed by atoms with Crippen LogP contribution in [0.25, 0.3) is 11.0 Å². The lowest BCUT2D eigenvalue weighted by Gasteiger charge is -2.28. The number of nitrogens with zero attached hydrogens (tertiary/aromatic N) is 3. The van der Waals surface area contributed by atoms with Gasteiger partial charge in [-0.2, -0.15) is 0 Å². The molecule has 29 heavy (non-hydrogen) atoms. The van der Waals surface area contributed by atoms with Crippen molar-refractivity contribution >= 4 is 22.7 Å². The van der Waals surface area contributed by atoms with E-state index >= 15 is 0 Å². The minimum Gasteiger partial charge on any atom is -0.459 e. The predicted molar refractivity (Wildman–Crippen MR) is 118 cm³/mol. The molecule has 0 saturated carbocycles. The summed E-state index contributed by atoms with van der Waals surface area (Å²) in [6.07, 6.45) is 5.73. The maximum atomic E-state index is 5.98. The van der Waals surface area contributed by atoms with Crippen LogP contribution in [0, 0.1) is 6.92 Å². The van der Waals surface area contributed by atoms with E-state index in [0.29, 0.717) is 13.1 Å². The average molecular weight is 392 g/mol. The summed E-state index contributed by atoms with van der Waals surface area (Å²) in [5.41, 5.74) is 3.29. The number of piperidine rings is 1. The standard InChI is InChI=1S/C23H29N5O/c1-17-19-8-4-5-9-20(19)29-21(17)16-27-23(24-2)26-15-18-10-11-25-22(14-18)28-12-6-3-7-13-28/h4-5,8-11,14H,3,6-7,12-13,15-16H2,1-2H3,(H2,24,26,27). The molecule has 0 spiro atoms. The first-order chi connectivity index (χ1) is 14.2. The normalized spacial score (nSPS) is 15.0. The zero-order chi connectivity index (χ0) is 20.1. The fourth-order valence-corrected chi connectivity index (χ4v) is 3.83. The Morgan fingerprint density at radius 3 is 2.69 bits per heavy atom. The molecule has 0 aliphatic carbocycles. The SMILES string of the molecule is CN=C(NCc1ccnc(N2CCCCC2)c1)NCc1oc2ccccc2c1C. The molecule has 1 saturated heterocycles. The van der Waals surface area contributed by atoms with Crippen molar-refractivity contribution in [2.75, 3.05) is 25.0 Å². The van der Waals surface area contributed by atoms with Crippen LogP contribution in [-0.2, 0) is 13.1 Å². The summed E-state index contributed by atoms with van der Waals surface area (Å²) in [6, 6.07) is 12.4. The Labute approximate surface area is 172 Å². The number of benzene rings is 1. The maximum absolute atomic E-state index is 5.98. The first-order valence-corrected chi connectivity index (χ1v) is 10.4. The van der Waals surface area contributed by atoms with E-state index < -0.39 is 0 Å². The monoisotopic (exact) mass is 391 g/mol. The highest BCUT2D eigenvalue weighted by molar-refractivity contribution is 5.83. The first kappa shape index (κ1) is 19.3. The number of para-hydroxylation sites is 1. The van der Waals surface area contributed by atoms with Crippen LogP contribution in [0.3, 0.4) is 0 Å². The molecule has 0 amide bonds. The van der Waals surface area contributed by atoms with Crippen molar-refractivity contribution in [3.8, 4) is 0 Å². The number of furan rings is 1. The number of rotatable bonds is 5. The van der Waals surface area contributed by atoms with E-state index in [1.54, 1.807) is 7.05 Å². The number of aliphatic imine (C=N–C) groups is 1. The molecule has 1 aliphatic rings. The summed E-state index contributed by atoms with van der Waals surface area (Å²) in [6.45, 7) is 5.59. The van der Waals surface area contributed by atoms with Crippen LogP contribution in [0.2, 0.25) is 0 Å². The van der Waals surface area contributed by atoms with Gasteiger partial charge in [0.1, 0.15) is 17.2 Å². The van der Waals surface area contributed by atoms with E-state index in [2.05, 4.69) is 50.6 Å². The predicted octanol–water partition coefficient (Wildman–Crippen LogP) is 3.99. The number of anilines is 1. The van der Waals surface area contributed by atoms with Gasteiger partial charge in [0.15, 0.2) is 5.96 Å². The van der Waals surface area contributed by atoms with Gasteiger partial charge in [-0.1, -0.05) is 18.2 Å². The minimum absolute atomic E-state index is 0.593. The summed E-state index contributed by atoms with van der Waals surface area (Å²) < 4.78 is 5.98. The topological polar surface area (TPSA) is 65.7 Å². The number of aromatic nitrogens is 1. The van der Waals surface area contributed by atoms with Crippen molar-refractivity contribution < 1.29 is 4.42 Å². The van der Waals surface area contributed by atoms with Crippen LogP contribution in [0.15, 0.2) is 52.0 Å². The second-order valence-corrected chi connectivity index (χ2v) is 7.50. The summed E-state index contributed by atoms with van der Waals surface area (Å²) >= 11 is 0. The van der Waals surface area contributed by atoms with Gasteiger partial charge in [-0.05, 0) is 49.9 Å². The van der Waals surface area contributed by atoms with Gasteiger partial charge < -0.3 is 20.0 Å². The fourth-order valence-electron chi connectivity index (χ4n) is 3.83. The molecule has 2 N–H and O–H groups in total. The first-order valence-electron chi connectivity index (χ1n) is 10.4.